The van der Waals surface area contributed by atoms with Gasteiger partial charge in [-0.15, -0.1) is 23.1 Å². The van der Waals surface area contributed by atoms with E-state index in [-0.39, 0.29) is 5.69 Å². The van der Waals surface area contributed by atoms with E-state index in [9.17, 15) is 4.79 Å². The predicted molar refractivity (Wildman–Crippen MR) is 75.3 cm³/mol. The lowest BCUT2D eigenvalue weighted by Gasteiger charge is -2.02. The van der Waals surface area contributed by atoms with Crippen LogP contribution in [0.4, 0.5) is 10.8 Å². The smallest absolute Gasteiger partial charge is 0.355 e. The van der Waals surface area contributed by atoms with Crippen molar-refractivity contribution in [2.75, 3.05) is 11.6 Å². The van der Waals surface area contributed by atoms with E-state index in [1.54, 1.807) is 18.7 Å². The summed E-state index contributed by atoms with van der Waals surface area (Å²) in [6, 6.07) is 7.91. The Hall–Kier alpha value is -1.53. The van der Waals surface area contributed by atoms with Crippen LogP contribution in [0.15, 0.2) is 29.2 Å². The van der Waals surface area contributed by atoms with Gasteiger partial charge in [0.15, 0.2) is 10.8 Å². The molecule has 0 aliphatic rings. The van der Waals surface area contributed by atoms with Crippen molar-refractivity contribution in [3.05, 3.63) is 34.8 Å². The van der Waals surface area contributed by atoms with Gasteiger partial charge in [-0.05, 0) is 37.4 Å². The molecule has 0 aliphatic heterocycles. The van der Waals surface area contributed by atoms with Gasteiger partial charge in [0.25, 0.3) is 0 Å². The summed E-state index contributed by atoms with van der Waals surface area (Å²) in [5.74, 6) is -0.991. The van der Waals surface area contributed by atoms with Crippen LogP contribution in [0.2, 0.25) is 0 Å². The maximum Gasteiger partial charge on any atom is 0.355 e. The Morgan fingerprint density at radius 1 is 1.39 bits per heavy atom. The quantitative estimate of drug-likeness (QED) is 0.838. The van der Waals surface area contributed by atoms with Gasteiger partial charge in [0.05, 0.1) is 0 Å². The fourth-order valence-electron chi connectivity index (χ4n) is 1.45. The zero-order chi connectivity index (χ0) is 13.1. The van der Waals surface area contributed by atoms with E-state index < -0.39 is 5.97 Å². The first-order chi connectivity index (χ1) is 8.60. The molecule has 0 unspecified atom stereocenters. The molecule has 0 aliphatic carbocycles. The molecule has 18 heavy (non-hydrogen) atoms. The van der Waals surface area contributed by atoms with Crippen molar-refractivity contribution in [3.63, 3.8) is 0 Å². The fourth-order valence-corrected chi connectivity index (χ4v) is 2.68. The van der Waals surface area contributed by atoms with Crippen LogP contribution >= 0.6 is 23.1 Å². The van der Waals surface area contributed by atoms with Gasteiger partial charge in [-0.1, -0.05) is 0 Å². The first-order valence-corrected chi connectivity index (χ1v) is 7.26. The van der Waals surface area contributed by atoms with Crippen LogP contribution in [0.1, 0.15) is 15.4 Å². The number of thiazole rings is 1. The molecule has 1 aromatic carbocycles. The molecule has 2 aromatic rings. The van der Waals surface area contributed by atoms with Gasteiger partial charge in [-0.25, -0.2) is 9.78 Å². The van der Waals surface area contributed by atoms with Crippen molar-refractivity contribution < 1.29 is 9.90 Å². The van der Waals surface area contributed by atoms with E-state index >= 15 is 0 Å². The number of hydrogen-bond acceptors (Lipinski definition) is 5. The van der Waals surface area contributed by atoms with E-state index in [2.05, 4.69) is 10.3 Å². The highest BCUT2D eigenvalue weighted by Gasteiger charge is 2.13. The number of aryl methyl sites for hydroxylation is 1. The van der Waals surface area contributed by atoms with E-state index in [0.29, 0.717) is 10.0 Å². The molecule has 0 bridgehead atoms. The molecule has 1 aromatic heterocycles. The van der Waals surface area contributed by atoms with Gasteiger partial charge in [0.1, 0.15) is 0 Å². The van der Waals surface area contributed by atoms with Crippen molar-refractivity contribution >= 4 is 39.9 Å². The largest absolute Gasteiger partial charge is 0.476 e. The van der Waals surface area contributed by atoms with Gasteiger partial charge < -0.3 is 10.4 Å². The molecule has 2 rings (SSSR count). The molecular weight excluding hydrogens is 268 g/mol. The number of carbonyl (C=O) groups is 1. The zero-order valence-corrected chi connectivity index (χ0v) is 11.6. The second-order valence-corrected chi connectivity index (χ2v) is 5.67. The maximum atomic E-state index is 10.9. The first-order valence-electron chi connectivity index (χ1n) is 5.22. The van der Waals surface area contributed by atoms with E-state index in [1.807, 2.05) is 30.5 Å². The highest BCUT2D eigenvalue weighted by molar-refractivity contribution is 7.98. The minimum Gasteiger partial charge on any atom is -0.476 e. The summed E-state index contributed by atoms with van der Waals surface area (Å²) in [6.07, 6.45) is 2.02. The van der Waals surface area contributed by atoms with E-state index in [4.69, 9.17) is 5.11 Å². The Balaban J connectivity index is 2.18. The Morgan fingerprint density at radius 3 is 2.56 bits per heavy atom. The van der Waals surface area contributed by atoms with Gasteiger partial charge in [0, 0.05) is 15.5 Å². The lowest BCUT2D eigenvalue weighted by molar-refractivity contribution is 0.0690. The summed E-state index contributed by atoms with van der Waals surface area (Å²) in [4.78, 5) is 16.8. The summed E-state index contributed by atoms with van der Waals surface area (Å²) in [7, 11) is 0. The summed E-state index contributed by atoms with van der Waals surface area (Å²) >= 11 is 3.01. The summed E-state index contributed by atoms with van der Waals surface area (Å²) in [5.41, 5.74) is 1.02. The Bertz CT molecular complexity index is 564. The highest BCUT2D eigenvalue weighted by Crippen LogP contribution is 2.26. The van der Waals surface area contributed by atoms with Crippen molar-refractivity contribution in [2.24, 2.45) is 0 Å². The third kappa shape index (κ3) is 2.83. The molecule has 0 spiro atoms. The number of aromatic carboxylic acids is 1. The van der Waals surface area contributed by atoms with Crippen molar-refractivity contribution in [1.29, 1.82) is 0 Å². The molecule has 94 valence electrons. The van der Waals surface area contributed by atoms with Crippen LogP contribution in [-0.4, -0.2) is 22.3 Å². The minimum atomic E-state index is -0.991. The van der Waals surface area contributed by atoms with E-state index in [0.717, 1.165) is 5.69 Å². The van der Waals surface area contributed by atoms with Crippen molar-refractivity contribution in [2.45, 2.75) is 11.8 Å². The van der Waals surface area contributed by atoms with Gasteiger partial charge in [-0.2, -0.15) is 0 Å². The molecule has 0 fully saturated rings. The minimum absolute atomic E-state index is 0.114. The van der Waals surface area contributed by atoms with Crippen LogP contribution in [-0.2, 0) is 0 Å². The lowest BCUT2D eigenvalue weighted by Crippen LogP contribution is -1.99. The monoisotopic (exact) mass is 280 g/mol. The molecule has 0 saturated heterocycles. The topological polar surface area (TPSA) is 62.2 Å². The normalized spacial score (nSPS) is 10.3. The number of carboxylic acids is 1. The Kier molecular flexibility index (Phi) is 3.88. The second-order valence-electron chi connectivity index (χ2n) is 3.58. The first kappa shape index (κ1) is 12.9. The van der Waals surface area contributed by atoms with Crippen LogP contribution in [0, 0.1) is 6.92 Å². The third-order valence-corrected chi connectivity index (χ3v) is 3.97. The second kappa shape index (κ2) is 5.41. The molecule has 0 saturated carbocycles. The van der Waals surface area contributed by atoms with Gasteiger partial charge >= 0.3 is 5.97 Å². The van der Waals surface area contributed by atoms with Crippen molar-refractivity contribution in [3.8, 4) is 0 Å². The molecule has 1 heterocycles. The number of thioether (sulfide) groups is 1. The number of nitrogens with zero attached hydrogens (tertiary/aromatic N) is 1. The van der Waals surface area contributed by atoms with Crippen LogP contribution in [0.3, 0.4) is 0 Å². The molecule has 4 nitrogen and oxygen atoms in total. The average molecular weight is 280 g/mol. The molecule has 0 atom stereocenters. The number of nitrogens with one attached hydrogen (secondary N) is 1. The number of hydrogen-bond donors (Lipinski definition) is 2. The predicted octanol–water partition coefficient (Wildman–Crippen LogP) is 3.62. The maximum absolute atomic E-state index is 10.9. The lowest BCUT2D eigenvalue weighted by atomic mass is 10.3. The van der Waals surface area contributed by atoms with Crippen LogP contribution in [0.25, 0.3) is 0 Å². The number of rotatable bonds is 4. The Labute approximate surface area is 113 Å². The number of carboxylic acid groups (broad SMARTS) is 1. The molecule has 6 heteroatoms. The van der Waals surface area contributed by atoms with Crippen LogP contribution in [0.5, 0.6) is 0 Å². The summed E-state index contributed by atoms with van der Waals surface area (Å²) < 4.78 is 0. The number of benzene rings is 1. The molecular formula is C12H12N2O2S2. The Morgan fingerprint density at radius 2 is 2.06 bits per heavy atom. The zero-order valence-electron chi connectivity index (χ0n) is 9.93. The SMILES string of the molecule is CSc1ccc(Nc2nc(C(=O)O)c(C)s2)cc1. The molecule has 2 N–H and O–H groups in total. The van der Waals surface area contributed by atoms with Crippen molar-refractivity contribution in [1.82, 2.24) is 4.98 Å². The van der Waals surface area contributed by atoms with Gasteiger partial charge in [-0.3, -0.25) is 0 Å². The molecule has 0 radical (unpaired) electrons. The fraction of sp³-hybridized carbons (Fsp3) is 0.167. The summed E-state index contributed by atoms with van der Waals surface area (Å²) in [6.45, 7) is 1.75. The van der Waals surface area contributed by atoms with Gasteiger partial charge in [0.2, 0.25) is 0 Å². The standard InChI is InChI=1S/C12H12N2O2S2/c1-7-10(11(15)16)14-12(18-7)13-8-3-5-9(17-2)6-4-8/h3-6H,1-2H3,(H,13,14)(H,15,16). The highest BCUT2D eigenvalue weighted by atomic mass is 32.2. The number of aromatic nitrogens is 1. The average Bonchev–Trinajstić information content (AvgIpc) is 2.71. The van der Waals surface area contributed by atoms with E-state index in [1.165, 1.54) is 16.2 Å². The number of anilines is 2. The van der Waals surface area contributed by atoms with Crippen LogP contribution < -0.4 is 5.32 Å². The third-order valence-electron chi connectivity index (χ3n) is 2.34. The summed E-state index contributed by atoms with van der Waals surface area (Å²) in [5, 5.41) is 12.6. The molecule has 0 amide bonds.